The van der Waals surface area contributed by atoms with Gasteiger partial charge in [0.25, 0.3) is 0 Å². The molecule has 0 aromatic heterocycles. The summed E-state index contributed by atoms with van der Waals surface area (Å²) in [4.78, 5) is 0. The van der Waals surface area contributed by atoms with Crippen molar-refractivity contribution in [1.29, 1.82) is 0 Å². The van der Waals surface area contributed by atoms with Crippen molar-refractivity contribution in [2.45, 2.75) is 0 Å². The lowest BCUT2D eigenvalue weighted by atomic mass is 10.3. The second-order valence-corrected chi connectivity index (χ2v) is 3.91. The number of hydrogen-bond acceptors (Lipinski definition) is 1. The molecule has 1 nitrogen and oxygen atoms in total. The third kappa shape index (κ3) is 2.13. The lowest BCUT2D eigenvalue weighted by Crippen LogP contribution is -1.80. The molecule has 0 radical (unpaired) electrons. The van der Waals surface area contributed by atoms with Gasteiger partial charge in [-0.25, -0.2) is 0 Å². The molecule has 0 aliphatic rings. The second-order valence-electron chi connectivity index (χ2n) is 1.72. The van der Waals surface area contributed by atoms with Crippen LogP contribution in [0.1, 0.15) is 0 Å². The average molecular weight is 379 g/mol. The third-order valence-corrected chi connectivity index (χ3v) is 2.60. The zero-order valence-corrected chi connectivity index (χ0v) is 9.94. The molecule has 0 amide bonds. The minimum Gasteiger partial charge on any atom is -0.327 e. The summed E-state index contributed by atoms with van der Waals surface area (Å²) in [6.07, 6.45) is 0. The summed E-state index contributed by atoms with van der Waals surface area (Å²) in [5.41, 5.74) is 0.961. The van der Waals surface area contributed by atoms with Crippen LogP contribution in [0, 0.1) is 3.57 Å². The third-order valence-electron chi connectivity index (χ3n) is 1.03. The Kier molecular flexibility index (Phi) is 3.51. The van der Waals surface area contributed by atoms with E-state index in [2.05, 4.69) is 49.0 Å². The van der Waals surface area contributed by atoms with Gasteiger partial charge < -0.3 is 3.53 Å². The molecule has 0 aliphatic carbocycles. The highest BCUT2D eigenvalue weighted by molar-refractivity contribution is 14.1. The van der Waals surface area contributed by atoms with Gasteiger partial charge >= 0.3 is 0 Å². The van der Waals surface area contributed by atoms with Crippen molar-refractivity contribution in [3.63, 3.8) is 0 Å². The maximum Gasteiger partial charge on any atom is 0.0654 e. The van der Waals surface area contributed by atoms with Crippen molar-refractivity contribution in [3.8, 4) is 0 Å². The Balaban J connectivity index is 3.07. The Labute approximate surface area is 92.2 Å². The highest BCUT2D eigenvalue weighted by Gasteiger charge is 1.96. The first-order valence-electron chi connectivity index (χ1n) is 2.55. The monoisotopic (exact) mass is 379 g/mol. The largest absolute Gasteiger partial charge is 0.327 e. The number of benzene rings is 1. The zero-order valence-electron chi connectivity index (χ0n) is 4.87. The first kappa shape index (κ1) is 8.86. The molecule has 0 spiro atoms. The zero-order chi connectivity index (χ0) is 7.56. The van der Waals surface area contributed by atoms with Crippen LogP contribution in [0.15, 0.2) is 18.2 Å². The van der Waals surface area contributed by atoms with E-state index in [9.17, 15) is 0 Å². The molecule has 0 unspecified atom stereocenters. The Morgan fingerprint density at radius 1 is 1.40 bits per heavy atom. The number of hydrogen-bond donors (Lipinski definition) is 1. The average Bonchev–Trinajstić information content (AvgIpc) is 1.88. The van der Waals surface area contributed by atoms with Gasteiger partial charge in [0.2, 0.25) is 0 Å². The fourth-order valence-electron chi connectivity index (χ4n) is 0.566. The summed E-state index contributed by atoms with van der Waals surface area (Å²) in [6.45, 7) is 0. The first-order valence-corrected chi connectivity index (χ1v) is 5.09. The van der Waals surface area contributed by atoms with Gasteiger partial charge in [-0.05, 0) is 40.8 Å². The second kappa shape index (κ2) is 3.96. The van der Waals surface area contributed by atoms with Crippen LogP contribution in [0.2, 0.25) is 5.02 Å². The van der Waals surface area contributed by atoms with E-state index in [0.717, 1.165) is 14.3 Å². The molecule has 1 rings (SSSR count). The van der Waals surface area contributed by atoms with E-state index >= 15 is 0 Å². The highest BCUT2D eigenvalue weighted by atomic mass is 127. The predicted molar refractivity (Wildman–Crippen MR) is 61.8 cm³/mol. The molecule has 54 valence electrons. The predicted octanol–water partition coefficient (Wildman–Crippen LogP) is 3.71. The molecular weight excluding hydrogens is 375 g/mol. The van der Waals surface area contributed by atoms with Crippen molar-refractivity contribution >= 4 is 62.7 Å². The van der Waals surface area contributed by atoms with E-state index in [4.69, 9.17) is 11.6 Å². The standard InChI is InChI=1S/C6H4ClI2N/c7-5-3-4(8)1-2-6(5)10-9/h1-3,10H. The molecule has 1 N–H and O–H groups in total. The maximum absolute atomic E-state index is 5.86. The lowest BCUT2D eigenvalue weighted by molar-refractivity contribution is 1.64. The minimum absolute atomic E-state index is 0.765. The Bertz CT molecular complexity index is 239. The number of rotatable bonds is 1. The van der Waals surface area contributed by atoms with Crippen LogP contribution in [0.3, 0.4) is 0 Å². The molecular formula is C6H4ClI2N. The molecule has 0 saturated heterocycles. The van der Waals surface area contributed by atoms with Crippen molar-refractivity contribution in [1.82, 2.24) is 0 Å². The fraction of sp³-hybridized carbons (Fsp3) is 0. The molecule has 0 bridgehead atoms. The molecule has 0 fully saturated rings. The van der Waals surface area contributed by atoms with Crippen LogP contribution in [-0.4, -0.2) is 0 Å². The van der Waals surface area contributed by atoms with Gasteiger partial charge in [-0.1, -0.05) is 11.6 Å². The van der Waals surface area contributed by atoms with Crippen LogP contribution in [0.4, 0.5) is 5.69 Å². The molecule has 1 aromatic rings. The van der Waals surface area contributed by atoms with Crippen molar-refractivity contribution in [2.24, 2.45) is 0 Å². The van der Waals surface area contributed by atoms with E-state index in [-0.39, 0.29) is 0 Å². The van der Waals surface area contributed by atoms with Crippen molar-refractivity contribution in [2.75, 3.05) is 3.53 Å². The van der Waals surface area contributed by atoms with E-state index < -0.39 is 0 Å². The smallest absolute Gasteiger partial charge is 0.0654 e. The van der Waals surface area contributed by atoms with Crippen LogP contribution in [-0.2, 0) is 0 Å². The summed E-state index contributed by atoms with van der Waals surface area (Å²) in [5, 5.41) is 0.765. The molecule has 0 heterocycles. The Morgan fingerprint density at radius 2 is 2.10 bits per heavy atom. The Morgan fingerprint density at radius 3 is 2.60 bits per heavy atom. The maximum atomic E-state index is 5.86. The minimum atomic E-state index is 0.765. The molecule has 10 heavy (non-hydrogen) atoms. The number of anilines is 1. The molecule has 0 aliphatic heterocycles. The van der Waals surface area contributed by atoms with E-state index in [1.54, 1.807) is 0 Å². The van der Waals surface area contributed by atoms with Crippen LogP contribution in [0.5, 0.6) is 0 Å². The molecule has 1 aromatic carbocycles. The highest BCUT2D eigenvalue weighted by Crippen LogP contribution is 2.24. The lowest BCUT2D eigenvalue weighted by Gasteiger charge is -2.00. The van der Waals surface area contributed by atoms with Crippen LogP contribution >= 0.6 is 57.1 Å². The van der Waals surface area contributed by atoms with Gasteiger partial charge in [0.15, 0.2) is 0 Å². The number of nitrogens with one attached hydrogen (secondary N) is 1. The van der Waals surface area contributed by atoms with Gasteiger partial charge in [0.05, 0.1) is 33.6 Å². The molecule has 0 atom stereocenters. The number of halogens is 3. The fourth-order valence-corrected chi connectivity index (χ4v) is 2.10. The van der Waals surface area contributed by atoms with Gasteiger partial charge in [-0.15, -0.1) is 0 Å². The van der Waals surface area contributed by atoms with Gasteiger partial charge in [0, 0.05) is 3.57 Å². The van der Waals surface area contributed by atoms with E-state index in [1.165, 1.54) is 0 Å². The van der Waals surface area contributed by atoms with Crippen molar-refractivity contribution < 1.29 is 0 Å². The van der Waals surface area contributed by atoms with E-state index in [1.807, 2.05) is 18.2 Å². The summed E-state index contributed by atoms with van der Waals surface area (Å²) in [7, 11) is 0. The normalized spacial score (nSPS) is 9.50. The SMILES string of the molecule is Clc1cc(I)ccc1NI. The summed E-state index contributed by atoms with van der Waals surface area (Å²) < 4.78 is 4.11. The summed E-state index contributed by atoms with van der Waals surface area (Å²) >= 11 is 10.1. The van der Waals surface area contributed by atoms with Gasteiger partial charge in [0.1, 0.15) is 0 Å². The Hall–Kier alpha value is 0.770. The topological polar surface area (TPSA) is 12.0 Å². The van der Waals surface area contributed by atoms with Crippen LogP contribution < -0.4 is 3.53 Å². The van der Waals surface area contributed by atoms with Crippen LogP contribution in [0.25, 0.3) is 0 Å². The summed E-state index contributed by atoms with van der Waals surface area (Å²) in [5.74, 6) is 0. The first-order chi connectivity index (χ1) is 4.74. The molecule has 0 saturated carbocycles. The van der Waals surface area contributed by atoms with Gasteiger partial charge in [-0.3, -0.25) is 0 Å². The van der Waals surface area contributed by atoms with E-state index in [0.29, 0.717) is 0 Å². The quantitative estimate of drug-likeness (QED) is 0.580. The molecule has 4 heteroatoms. The van der Waals surface area contributed by atoms with Gasteiger partial charge in [-0.2, -0.15) is 0 Å². The van der Waals surface area contributed by atoms with Crippen molar-refractivity contribution in [3.05, 3.63) is 26.8 Å². The summed E-state index contributed by atoms with van der Waals surface area (Å²) in [6, 6.07) is 5.88.